The van der Waals surface area contributed by atoms with Gasteiger partial charge in [0.1, 0.15) is 5.69 Å². The molecule has 6 nitrogen and oxygen atoms in total. The summed E-state index contributed by atoms with van der Waals surface area (Å²) in [5.74, 6) is -0.638. The third kappa shape index (κ3) is 3.22. The van der Waals surface area contributed by atoms with Crippen LogP contribution in [0.15, 0.2) is 30.5 Å². The van der Waals surface area contributed by atoms with Gasteiger partial charge in [-0.1, -0.05) is 25.1 Å². The first-order valence-corrected chi connectivity index (χ1v) is 8.69. The zero-order valence-corrected chi connectivity index (χ0v) is 15.2. The van der Waals surface area contributed by atoms with Gasteiger partial charge in [0.15, 0.2) is 0 Å². The minimum Gasteiger partial charge on any atom is -0.465 e. The zero-order chi connectivity index (χ0) is 18.7. The molecule has 0 saturated carbocycles. The maximum absolute atomic E-state index is 12.5. The van der Waals surface area contributed by atoms with Gasteiger partial charge in [-0.3, -0.25) is 4.79 Å². The number of carbonyl (C=O) groups excluding carboxylic acids is 2. The van der Waals surface area contributed by atoms with Crippen LogP contribution in [0, 0.1) is 6.92 Å². The molecule has 3 rings (SSSR count). The summed E-state index contributed by atoms with van der Waals surface area (Å²) in [7, 11) is 1.34. The second-order valence-electron chi connectivity index (χ2n) is 6.19. The van der Waals surface area contributed by atoms with Crippen molar-refractivity contribution in [3.05, 3.63) is 58.5 Å². The number of methoxy groups -OCH3 is 1. The molecular weight excluding hydrogens is 330 g/mol. The fourth-order valence-electron chi connectivity index (χ4n) is 3.27. The molecule has 0 radical (unpaired) electrons. The molecule has 0 spiro atoms. The average molecular weight is 353 g/mol. The molecular formula is C20H23N3O3. The number of carbonyl (C=O) groups is 2. The number of para-hydroxylation sites is 1. The van der Waals surface area contributed by atoms with Crippen LogP contribution in [0.3, 0.4) is 0 Å². The molecule has 3 N–H and O–H groups in total. The SMILES string of the molecule is CCc1[nH]c(C(=O)NCCc2c[nH]c3ccccc23)c(C)c1C(=O)OC. The van der Waals surface area contributed by atoms with E-state index in [1.807, 2.05) is 31.3 Å². The lowest BCUT2D eigenvalue weighted by Gasteiger charge is -2.05. The van der Waals surface area contributed by atoms with Crippen molar-refractivity contribution in [3.63, 3.8) is 0 Å². The Morgan fingerprint density at radius 2 is 2.00 bits per heavy atom. The van der Waals surface area contributed by atoms with Crippen LogP contribution in [0.2, 0.25) is 0 Å². The Labute approximate surface area is 151 Å². The maximum atomic E-state index is 12.5. The summed E-state index contributed by atoms with van der Waals surface area (Å²) in [6.07, 6.45) is 3.31. The zero-order valence-electron chi connectivity index (χ0n) is 15.2. The Kier molecular flexibility index (Phi) is 5.11. The third-order valence-electron chi connectivity index (χ3n) is 4.65. The first kappa shape index (κ1) is 17.8. The molecule has 0 aliphatic heterocycles. The highest BCUT2D eigenvalue weighted by molar-refractivity contribution is 6.00. The van der Waals surface area contributed by atoms with Gasteiger partial charge in [-0.05, 0) is 37.0 Å². The van der Waals surface area contributed by atoms with Crippen LogP contribution in [-0.2, 0) is 17.6 Å². The molecule has 0 aliphatic rings. The van der Waals surface area contributed by atoms with E-state index in [1.165, 1.54) is 12.5 Å². The second kappa shape index (κ2) is 7.47. The number of fused-ring (bicyclic) bond motifs is 1. The number of nitrogens with one attached hydrogen (secondary N) is 3. The number of aromatic amines is 2. The summed E-state index contributed by atoms with van der Waals surface area (Å²) < 4.78 is 4.83. The third-order valence-corrected chi connectivity index (χ3v) is 4.65. The highest BCUT2D eigenvalue weighted by atomic mass is 16.5. The van der Waals surface area contributed by atoms with Crippen LogP contribution >= 0.6 is 0 Å². The molecule has 0 atom stereocenters. The second-order valence-corrected chi connectivity index (χ2v) is 6.19. The van der Waals surface area contributed by atoms with Crippen molar-refractivity contribution in [2.75, 3.05) is 13.7 Å². The predicted molar refractivity (Wildman–Crippen MR) is 101 cm³/mol. The molecule has 2 aromatic heterocycles. The topological polar surface area (TPSA) is 87.0 Å². The summed E-state index contributed by atoms with van der Waals surface area (Å²) >= 11 is 0. The standard InChI is InChI=1S/C20H23N3O3/c1-4-15-17(20(25)26-3)12(2)18(23-15)19(24)21-10-9-13-11-22-16-8-6-5-7-14(13)16/h5-8,11,22-23H,4,9-10H2,1-3H3,(H,21,24). The normalized spacial score (nSPS) is 10.9. The molecule has 1 amide bonds. The van der Waals surface area contributed by atoms with E-state index in [1.54, 1.807) is 6.92 Å². The monoisotopic (exact) mass is 353 g/mol. The summed E-state index contributed by atoms with van der Waals surface area (Å²) in [4.78, 5) is 30.8. The van der Waals surface area contributed by atoms with E-state index in [-0.39, 0.29) is 5.91 Å². The number of hydrogen-bond acceptors (Lipinski definition) is 3. The van der Waals surface area contributed by atoms with E-state index >= 15 is 0 Å². The largest absolute Gasteiger partial charge is 0.465 e. The number of amides is 1. The Morgan fingerprint density at radius 1 is 1.23 bits per heavy atom. The summed E-state index contributed by atoms with van der Waals surface area (Å²) in [5.41, 5.74) is 4.46. The highest BCUT2D eigenvalue weighted by Gasteiger charge is 2.23. The van der Waals surface area contributed by atoms with Crippen molar-refractivity contribution < 1.29 is 14.3 Å². The molecule has 3 aromatic rings. The van der Waals surface area contributed by atoms with Gasteiger partial charge in [-0.25, -0.2) is 4.79 Å². The van der Waals surface area contributed by atoms with Crippen molar-refractivity contribution in [2.24, 2.45) is 0 Å². The van der Waals surface area contributed by atoms with Gasteiger partial charge in [0.2, 0.25) is 0 Å². The van der Waals surface area contributed by atoms with Gasteiger partial charge < -0.3 is 20.0 Å². The van der Waals surface area contributed by atoms with E-state index in [9.17, 15) is 9.59 Å². The van der Waals surface area contributed by atoms with Crippen LogP contribution in [0.5, 0.6) is 0 Å². The average Bonchev–Trinajstić information content (AvgIpc) is 3.22. The molecule has 0 bridgehead atoms. The predicted octanol–water partition coefficient (Wildman–Crippen LogP) is 3.13. The van der Waals surface area contributed by atoms with Crippen LogP contribution in [0.4, 0.5) is 0 Å². The Bertz CT molecular complexity index is 953. The van der Waals surface area contributed by atoms with Crippen molar-refractivity contribution in [1.82, 2.24) is 15.3 Å². The van der Waals surface area contributed by atoms with E-state index in [2.05, 4.69) is 21.4 Å². The number of benzene rings is 1. The fourth-order valence-corrected chi connectivity index (χ4v) is 3.27. The fraction of sp³-hybridized carbons (Fsp3) is 0.300. The number of ether oxygens (including phenoxy) is 1. The highest BCUT2D eigenvalue weighted by Crippen LogP contribution is 2.21. The van der Waals surface area contributed by atoms with Gasteiger partial charge in [0.25, 0.3) is 5.91 Å². The number of esters is 1. The van der Waals surface area contributed by atoms with Crippen molar-refractivity contribution >= 4 is 22.8 Å². The molecule has 6 heteroatoms. The van der Waals surface area contributed by atoms with Crippen molar-refractivity contribution in [3.8, 4) is 0 Å². The van der Waals surface area contributed by atoms with Crippen molar-refractivity contribution in [1.29, 1.82) is 0 Å². The smallest absolute Gasteiger partial charge is 0.339 e. The van der Waals surface area contributed by atoms with Crippen LogP contribution in [-0.4, -0.2) is 35.5 Å². The number of aryl methyl sites for hydroxylation is 1. The lowest BCUT2D eigenvalue weighted by atomic mass is 10.1. The molecule has 0 fully saturated rings. The van der Waals surface area contributed by atoms with Gasteiger partial charge in [-0.2, -0.15) is 0 Å². The van der Waals surface area contributed by atoms with Gasteiger partial charge >= 0.3 is 5.97 Å². The molecule has 2 heterocycles. The van der Waals surface area contributed by atoms with E-state index < -0.39 is 5.97 Å². The number of hydrogen-bond donors (Lipinski definition) is 3. The van der Waals surface area contributed by atoms with Crippen LogP contribution in [0.1, 0.15) is 44.6 Å². The summed E-state index contributed by atoms with van der Waals surface area (Å²) in [6, 6.07) is 8.08. The molecule has 0 unspecified atom stereocenters. The number of H-pyrrole nitrogens is 2. The van der Waals surface area contributed by atoms with Crippen LogP contribution in [0.25, 0.3) is 10.9 Å². The lowest BCUT2D eigenvalue weighted by molar-refractivity contribution is 0.0599. The Hall–Kier alpha value is -3.02. The number of aromatic nitrogens is 2. The first-order chi connectivity index (χ1) is 12.6. The quantitative estimate of drug-likeness (QED) is 0.595. The maximum Gasteiger partial charge on any atom is 0.339 e. The minimum absolute atomic E-state index is 0.216. The molecule has 136 valence electrons. The van der Waals surface area contributed by atoms with Gasteiger partial charge in [-0.15, -0.1) is 0 Å². The lowest BCUT2D eigenvalue weighted by Crippen LogP contribution is -2.26. The summed E-state index contributed by atoms with van der Waals surface area (Å²) in [6.45, 7) is 4.20. The summed E-state index contributed by atoms with van der Waals surface area (Å²) in [5, 5.41) is 4.09. The van der Waals surface area contributed by atoms with Crippen molar-refractivity contribution in [2.45, 2.75) is 26.7 Å². The van der Waals surface area contributed by atoms with E-state index in [0.29, 0.717) is 29.8 Å². The van der Waals surface area contributed by atoms with Gasteiger partial charge in [0.05, 0.1) is 12.7 Å². The van der Waals surface area contributed by atoms with E-state index in [4.69, 9.17) is 4.74 Å². The first-order valence-electron chi connectivity index (χ1n) is 8.69. The molecule has 0 saturated heterocycles. The molecule has 0 aliphatic carbocycles. The molecule has 1 aromatic carbocycles. The van der Waals surface area contributed by atoms with E-state index in [0.717, 1.165) is 23.2 Å². The Balaban J connectivity index is 1.70. The van der Waals surface area contributed by atoms with Gasteiger partial charge in [0, 0.05) is 29.3 Å². The number of rotatable bonds is 6. The van der Waals surface area contributed by atoms with Crippen LogP contribution < -0.4 is 5.32 Å². The minimum atomic E-state index is -0.423. The molecule has 26 heavy (non-hydrogen) atoms. The Morgan fingerprint density at radius 3 is 2.73 bits per heavy atom.